The van der Waals surface area contributed by atoms with Crippen molar-refractivity contribution in [1.82, 2.24) is 9.21 Å². The van der Waals surface area contributed by atoms with Gasteiger partial charge in [-0.05, 0) is 37.0 Å². The Hall–Kier alpha value is -1.78. The van der Waals surface area contributed by atoms with Crippen LogP contribution in [-0.2, 0) is 39.0 Å². The number of rotatable bonds is 5. The number of thiophene rings is 1. The van der Waals surface area contributed by atoms with Gasteiger partial charge in [0.15, 0.2) is 0 Å². The smallest absolute Gasteiger partial charge is 0.340 e. The van der Waals surface area contributed by atoms with E-state index >= 15 is 0 Å². The summed E-state index contributed by atoms with van der Waals surface area (Å²) >= 11 is 1.21. The van der Waals surface area contributed by atoms with Gasteiger partial charge in [0.1, 0.15) is 4.21 Å². The van der Waals surface area contributed by atoms with Crippen LogP contribution in [0, 0.1) is 13.8 Å². The SMILES string of the molecule is COC(=O)c1c(S(=O)(=O)N2CCOCC2)sc2c1CCN(Cc1cc(C)ccc1C)C2. The molecule has 0 aliphatic carbocycles. The Kier molecular flexibility index (Phi) is 6.50. The van der Waals surface area contributed by atoms with E-state index in [0.29, 0.717) is 39.3 Å². The number of methoxy groups -OCH3 is 1. The normalized spacial score (nSPS) is 18.0. The van der Waals surface area contributed by atoms with Crippen LogP contribution in [0.1, 0.15) is 37.5 Å². The largest absolute Gasteiger partial charge is 0.465 e. The molecule has 31 heavy (non-hydrogen) atoms. The Bertz CT molecular complexity index is 1090. The molecule has 4 rings (SSSR count). The minimum Gasteiger partial charge on any atom is -0.465 e. The van der Waals surface area contributed by atoms with E-state index in [1.54, 1.807) is 0 Å². The fourth-order valence-electron chi connectivity index (χ4n) is 4.17. The maximum atomic E-state index is 13.4. The van der Waals surface area contributed by atoms with Gasteiger partial charge in [-0.15, -0.1) is 11.3 Å². The number of esters is 1. The molecule has 7 nitrogen and oxygen atoms in total. The van der Waals surface area contributed by atoms with E-state index in [-0.39, 0.29) is 9.77 Å². The summed E-state index contributed by atoms with van der Waals surface area (Å²) in [6, 6.07) is 6.44. The maximum Gasteiger partial charge on any atom is 0.340 e. The van der Waals surface area contributed by atoms with Crippen molar-refractivity contribution >= 4 is 27.3 Å². The molecular formula is C22H28N2O5S2. The van der Waals surface area contributed by atoms with Crippen LogP contribution in [0.3, 0.4) is 0 Å². The molecular weight excluding hydrogens is 436 g/mol. The third-order valence-corrected chi connectivity index (χ3v) is 9.55. The lowest BCUT2D eigenvalue weighted by Gasteiger charge is -2.27. The van der Waals surface area contributed by atoms with Crippen LogP contribution in [0.4, 0.5) is 0 Å². The zero-order valence-corrected chi connectivity index (χ0v) is 19.8. The third-order valence-electron chi connectivity index (χ3n) is 5.94. The minimum atomic E-state index is -3.78. The van der Waals surface area contributed by atoms with Gasteiger partial charge >= 0.3 is 5.97 Å². The molecule has 0 amide bonds. The highest BCUT2D eigenvalue weighted by atomic mass is 32.2. The molecule has 2 aliphatic rings. The van der Waals surface area contributed by atoms with E-state index in [0.717, 1.165) is 23.5 Å². The van der Waals surface area contributed by atoms with Crippen LogP contribution in [0.5, 0.6) is 0 Å². The van der Waals surface area contributed by atoms with Crippen LogP contribution in [0.15, 0.2) is 22.4 Å². The summed E-state index contributed by atoms with van der Waals surface area (Å²) < 4.78 is 38.5. The van der Waals surface area contributed by atoms with Gasteiger partial charge in [0.05, 0.1) is 25.9 Å². The molecule has 0 spiro atoms. The zero-order valence-electron chi connectivity index (χ0n) is 18.1. The molecule has 168 valence electrons. The molecule has 0 atom stereocenters. The summed E-state index contributed by atoms with van der Waals surface area (Å²) in [5, 5.41) is 0. The van der Waals surface area contributed by atoms with Crippen molar-refractivity contribution in [2.75, 3.05) is 40.0 Å². The van der Waals surface area contributed by atoms with Gasteiger partial charge in [0.25, 0.3) is 10.0 Å². The molecule has 0 bridgehead atoms. The van der Waals surface area contributed by atoms with Crippen molar-refractivity contribution in [2.24, 2.45) is 0 Å². The van der Waals surface area contributed by atoms with Gasteiger partial charge in [-0.2, -0.15) is 4.31 Å². The molecule has 1 fully saturated rings. The highest BCUT2D eigenvalue weighted by Gasteiger charge is 2.37. The second-order valence-electron chi connectivity index (χ2n) is 8.06. The Morgan fingerprint density at radius 1 is 1.19 bits per heavy atom. The molecule has 3 heterocycles. The van der Waals surface area contributed by atoms with Crippen molar-refractivity contribution in [3.8, 4) is 0 Å². The van der Waals surface area contributed by atoms with Crippen LogP contribution < -0.4 is 0 Å². The quantitative estimate of drug-likeness (QED) is 0.634. The Morgan fingerprint density at radius 3 is 2.65 bits per heavy atom. The summed E-state index contributed by atoms with van der Waals surface area (Å²) in [5.74, 6) is -0.577. The lowest BCUT2D eigenvalue weighted by Crippen LogP contribution is -2.40. The second kappa shape index (κ2) is 8.99. The average Bonchev–Trinajstić information content (AvgIpc) is 3.16. The number of hydrogen-bond donors (Lipinski definition) is 0. The van der Waals surface area contributed by atoms with Gasteiger partial charge < -0.3 is 9.47 Å². The summed E-state index contributed by atoms with van der Waals surface area (Å²) in [4.78, 5) is 15.9. The number of carbonyl (C=O) groups is 1. The van der Waals surface area contributed by atoms with Gasteiger partial charge in [0, 0.05) is 37.6 Å². The van der Waals surface area contributed by atoms with Gasteiger partial charge in [-0.1, -0.05) is 23.8 Å². The fourth-order valence-corrected chi connectivity index (χ4v) is 7.65. The first-order valence-electron chi connectivity index (χ1n) is 10.4. The molecule has 0 N–H and O–H groups in total. The summed E-state index contributed by atoms with van der Waals surface area (Å²) in [5.41, 5.74) is 4.78. The van der Waals surface area contributed by atoms with Crippen molar-refractivity contribution in [3.05, 3.63) is 50.9 Å². The van der Waals surface area contributed by atoms with Gasteiger partial charge in [-0.25, -0.2) is 13.2 Å². The van der Waals surface area contributed by atoms with E-state index in [1.807, 2.05) is 0 Å². The molecule has 2 aromatic rings. The van der Waals surface area contributed by atoms with Gasteiger partial charge in [0.2, 0.25) is 0 Å². The number of morpholine rings is 1. The molecule has 0 unspecified atom stereocenters. The molecule has 0 radical (unpaired) electrons. The first-order chi connectivity index (χ1) is 14.8. The monoisotopic (exact) mass is 464 g/mol. The standard InChI is InChI=1S/C22H28N2O5S2/c1-15-4-5-16(2)17(12-15)13-23-7-6-18-19(14-23)30-22(20(18)21(25)28-3)31(26,27)24-8-10-29-11-9-24/h4-5,12H,6-11,13-14H2,1-3H3. The molecule has 1 aromatic heterocycles. The summed E-state index contributed by atoms with van der Waals surface area (Å²) in [6.07, 6.45) is 0.625. The number of hydrogen-bond acceptors (Lipinski definition) is 7. The predicted octanol–water partition coefficient (Wildman–Crippen LogP) is 2.73. The first-order valence-corrected chi connectivity index (χ1v) is 12.7. The zero-order chi connectivity index (χ0) is 22.2. The number of aryl methyl sites for hydroxylation is 2. The molecule has 1 aromatic carbocycles. The number of benzene rings is 1. The average molecular weight is 465 g/mol. The number of carbonyl (C=O) groups excluding carboxylic acids is 1. The number of fused-ring (bicyclic) bond motifs is 1. The Morgan fingerprint density at radius 2 is 1.94 bits per heavy atom. The van der Waals surface area contributed by atoms with Crippen LogP contribution in [0.2, 0.25) is 0 Å². The lowest BCUT2D eigenvalue weighted by molar-refractivity contribution is 0.0594. The van der Waals surface area contributed by atoms with E-state index in [4.69, 9.17) is 9.47 Å². The van der Waals surface area contributed by atoms with Crippen LogP contribution in [0.25, 0.3) is 0 Å². The number of sulfonamides is 1. The van der Waals surface area contributed by atoms with E-state index in [9.17, 15) is 13.2 Å². The number of ether oxygens (including phenoxy) is 2. The maximum absolute atomic E-state index is 13.4. The second-order valence-corrected chi connectivity index (χ2v) is 11.3. The highest BCUT2D eigenvalue weighted by molar-refractivity contribution is 7.91. The first kappa shape index (κ1) is 22.4. The van der Waals surface area contributed by atoms with Crippen molar-refractivity contribution in [2.45, 2.75) is 37.6 Å². The van der Waals surface area contributed by atoms with Crippen molar-refractivity contribution in [3.63, 3.8) is 0 Å². The van der Waals surface area contributed by atoms with Crippen molar-refractivity contribution in [1.29, 1.82) is 0 Å². The predicted molar refractivity (Wildman–Crippen MR) is 119 cm³/mol. The van der Waals surface area contributed by atoms with Crippen molar-refractivity contribution < 1.29 is 22.7 Å². The Balaban J connectivity index is 1.66. The Labute approximate surface area is 187 Å². The summed E-state index contributed by atoms with van der Waals surface area (Å²) in [7, 11) is -2.48. The van der Waals surface area contributed by atoms with Crippen LogP contribution >= 0.6 is 11.3 Å². The van der Waals surface area contributed by atoms with E-state index < -0.39 is 16.0 Å². The molecule has 1 saturated heterocycles. The van der Waals surface area contributed by atoms with Gasteiger partial charge in [-0.3, -0.25) is 4.90 Å². The van der Waals surface area contributed by atoms with Crippen LogP contribution in [-0.4, -0.2) is 63.6 Å². The minimum absolute atomic E-state index is 0.111. The molecule has 0 saturated carbocycles. The lowest BCUT2D eigenvalue weighted by atomic mass is 10.0. The van der Waals surface area contributed by atoms with E-state index in [2.05, 4.69) is 36.9 Å². The molecule has 2 aliphatic heterocycles. The molecule has 9 heteroatoms. The fraction of sp³-hybridized carbons (Fsp3) is 0.500. The third kappa shape index (κ3) is 4.42. The summed E-state index contributed by atoms with van der Waals surface area (Å²) in [6.45, 7) is 7.69. The van der Waals surface area contributed by atoms with E-state index in [1.165, 1.54) is 39.4 Å². The highest BCUT2D eigenvalue weighted by Crippen LogP contribution is 2.38. The topological polar surface area (TPSA) is 76.2 Å². The number of nitrogens with zero attached hydrogens (tertiary/aromatic N) is 2.